The highest BCUT2D eigenvalue weighted by molar-refractivity contribution is 6.31. The number of halogens is 1. The first-order chi connectivity index (χ1) is 13.2. The second kappa shape index (κ2) is 6.45. The second-order valence-corrected chi connectivity index (χ2v) is 7.38. The van der Waals surface area contributed by atoms with Crippen LogP contribution in [0, 0.1) is 0 Å². The molecule has 3 nitrogen and oxygen atoms in total. The fourth-order valence-electron chi connectivity index (χ4n) is 4.25. The third kappa shape index (κ3) is 2.62. The van der Waals surface area contributed by atoms with E-state index in [1.165, 1.54) is 10.9 Å². The van der Waals surface area contributed by atoms with Crippen LogP contribution in [0.15, 0.2) is 72.8 Å². The van der Waals surface area contributed by atoms with Crippen LogP contribution in [0.2, 0.25) is 5.02 Å². The largest absolute Gasteiger partial charge is 0.508 e. The summed E-state index contributed by atoms with van der Waals surface area (Å²) in [6.45, 7) is 0.748. The Morgan fingerprint density at radius 3 is 2.37 bits per heavy atom. The van der Waals surface area contributed by atoms with E-state index in [9.17, 15) is 5.11 Å². The molecule has 2 atom stereocenters. The molecule has 1 aromatic heterocycles. The maximum absolute atomic E-state index is 10.4. The Kier molecular flexibility index (Phi) is 3.92. The predicted octanol–water partition coefficient (Wildman–Crippen LogP) is 5.35. The highest BCUT2D eigenvalue weighted by Gasteiger charge is 2.33. The number of phenolic OH excluding ortho intramolecular Hbond substituents is 1. The van der Waals surface area contributed by atoms with E-state index >= 15 is 0 Å². The van der Waals surface area contributed by atoms with Crippen LogP contribution in [0.1, 0.15) is 34.3 Å². The van der Waals surface area contributed by atoms with Gasteiger partial charge >= 0.3 is 0 Å². The van der Waals surface area contributed by atoms with Crippen molar-refractivity contribution in [1.82, 2.24) is 10.3 Å². The molecule has 4 aromatic rings. The third-order valence-electron chi connectivity index (χ3n) is 5.47. The van der Waals surface area contributed by atoms with E-state index in [1.54, 1.807) is 6.07 Å². The van der Waals surface area contributed by atoms with Crippen molar-refractivity contribution in [3.05, 3.63) is 100 Å². The maximum atomic E-state index is 10.4. The van der Waals surface area contributed by atoms with Crippen molar-refractivity contribution in [1.29, 1.82) is 0 Å². The molecule has 0 unspecified atom stereocenters. The van der Waals surface area contributed by atoms with Crippen LogP contribution in [0.3, 0.4) is 0 Å². The lowest BCUT2D eigenvalue weighted by atomic mass is 9.83. The molecule has 0 bridgehead atoms. The van der Waals surface area contributed by atoms with Crippen LogP contribution in [-0.2, 0) is 0 Å². The minimum atomic E-state index is -0.0904. The second-order valence-electron chi connectivity index (χ2n) is 6.97. The van der Waals surface area contributed by atoms with E-state index in [0.717, 1.165) is 33.9 Å². The molecule has 0 saturated heterocycles. The lowest BCUT2D eigenvalue weighted by Crippen LogP contribution is -2.34. The van der Waals surface area contributed by atoms with Crippen molar-refractivity contribution >= 4 is 22.5 Å². The molecule has 0 radical (unpaired) electrons. The number of rotatable bonds is 2. The number of H-pyrrole nitrogens is 1. The fraction of sp³-hybridized carbons (Fsp3) is 0.130. The van der Waals surface area contributed by atoms with Gasteiger partial charge in [0.05, 0.1) is 6.04 Å². The third-order valence-corrected chi connectivity index (χ3v) is 5.81. The molecule has 5 rings (SSSR count). The van der Waals surface area contributed by atoms with Crippen molar-refractivity contribution in [2.24, 2.45) is 0 Å². The lowest BCUT2D eigenvalue weighted by Gasteiger charge is -2.32. The Balaban J connectivity index is 1.75. The number of hydrogen-bond acceptors (Lipinski definition) is 2. The summed E-state index contributed by atoms with van der Waals surface area (Å²) in [5.41, 5.74) is 5.44. The zero-order valence-corrected chi connectivity index (χ0v) is 15.4. The number of hydrogen-bond donors (Lipinski definition) is 3. The number of benzene rings is 3. The standard InChI is InChI=1S/C23H19ClN2O/c24-18-10-4-1-7-14(18)17-13-25-22(16-9-3-6-12-20(16)27)23-21(17)15-8-2-5-11-19(15)26-23/h1-12,17,22,25-27H,13H2/t17-,22-/m0/s1. The first-order valence-corrected chi connectivity index (χ1v) is 9.48. The van der Waals surface area contributed by atoms with E-state index in [0.29, 0.717) is 5.75 Å². The Labute approximate surface area is 162 Å². The Hall–Kier alpha value is -2.75. The smallest absolute Gasteiger partial charge is 0.120 e. The number of fused-ring (bicyclic) bond motifs is 3. The molecule has 0 aliphatic carbocycles. The number of aromatic nitrogens is 1. The molecule has 3 N–H and O–H groups in total. The molecule has 134 valence electrons. The Morgan fingerprint density at radius 2 is 1.56 bits per heavy atom. The Morgan fingerprint density at radius 1 is 0.852 bits per heavy atom. The van der Waals surface area contributed by atoms with Crippen LogP contribution in [0.25, 0.3) is 10.9 Å². The van der Waals surface area contributed by atoms with Crippen molar-refractivity contribution in [3.8, 4) is 5.75 Å². The SMILES string of the molecule is Oc1ccccc1[C@@H]1NC[C@@H](c2ccccc2Cl)c2c1[nH]c1ccccc21. The zero-order chi connectivity index (χ0) is 18.4. The molecule has 1 aliphatic rings. The maximum Gasteiger partial charge on any atom is 0.120 e. The molecule has 27 heavy (non-hydrogen) atoms. The van der Waals surface area contributed by atoms with Crippen LogP contribution in [0.4, 0.5) is 0 Å². The summed E-state index contributed by atoms with van der Waals surface area (Å²) in [6, 6.07) is 23.8. The van der Waals surface area contributed by atoms with Crippen LogP contribution in [0.5, 0.6) is 5.75 Å². The van der Waals surface area contributed by atoms with Gasteiger partial charge in [0.25, 0.3) is 0 Å². The van der Waals surface area contributed by atoms with Crippen molar-refractivity contribution < 1.29 is 5.11 Å². The average molecular weight is 375 g/mol. The molecule has 2 heterocycles. The van der Waals surface area contributed by atoms with Gasteiger partial charge in [-0.05, 0) is 29.3 Å². The van der Waals surface area contributed by atoms with Crippen LogP contribution >= 0.6 is 11.6 Å². The van der Waals surface area contributed by atoms with Gasteiger partial charge in [-0.15, -0.1) is 0 Å². The minimum absolute atomic E-state index is 0.0904. The molecule has 0 amide bonds. The van der Waals surface area contributed by atoms with E-state index < -0.39 is 0 Å². The summed E-state index contributed by atoms with van der Waals surface area (Å²) in [5.74, 6) is 0.447. The number of nitrogens with one attached hydrogen (secondary N) is 2. The molecule has 0 fully saturated rings. The van der Waals surface area contributed by atoms with E-state index in [4.69, 9.17) is 11.6 Å². The van der Waals surface area contributed by atoms with Crippen LogP contribution in [-0.4, -0.2) is 16.6 Å². The van der Waals surface area contributed by atoms with Crippen molar-refractivity contribution in [2.45, 2.75) is 12.0 Å². The molecule has 0 spiro atoms. The lowest BCUT2D eigenvalue weighted by molar-refractivity contribution is 0.448. The first-order valence-electron chi connectivity index (χ1n) is 9.10. The number of aromatic hydroxyl groups is 1. The normalized spacial score (nSPS) is 19.1. The molecule has 1 aliphatic heterocycles. The Bertz CT molecular complexity index is 1130. The van der Waals surface area contributed by atoms with Gasteiger partial charge in [0.15, 0.2) is 0 Å². The van der Waals surface area contributed by atoms with Gasteiger partial charge in [-0.25, -0.2) is 0 Å². The topological polar surface area (TPSA) is 48.0 Å². The average Bonchev–Trinajstić information content (AvgIpc) is 3.08. The van der Waals surface area contributed by atoms with E-state index in [1.807, 2.05) is 42.5 Å². The van der Waals surface area contributed by atoms with Gasteiger partial charge in [0.2, 0.25) is 0 Å². The van der Waals surface area contributed by atoms with E-state index in [-0.39, 0.29) is 12.0 Å². The number of aromatic amines is 1. The van der Waals surface area contributed by atoms with Gasteiger partial charge < -0.3 is 15.4 Å². The minimum Gasteiger partial charge on any atom is -0.508 e. The summed E-state index contributed by atoms with van der Waals surface area (Å²) >= 11 is 6.54. The predicted molar refractivity (Wildman–Crippen MR) is 110 cm³/mol. The van der Waals surface area contributed by atoms with Crippen molar-refractivity contribution in [3.63, 3.8) is 0 Å². The molecule has 3 aromatic carbocycles. The van der Waals surface area contributed by atoms with Crippen LogP contribution < -0.4 is 5.32 Å². The number of para-hydroxylation sites is 2. The zero-order valence-electron chi connectivity index (χ0n) is 14.6. The summed E-state index contributed by atoms with van der Waals surface area (Å²) in [4.78, 5) is 3.59. The van der Waals surface area contributed by atoms with Gasteiger partial charge in [0.1, 0.15) is 5.75 Å². The van der Waals surface area contributed by atoms with Gasteiger partial charge in [0, 0.05) is 39.6 Å². The van der Waals surface area contributed by atoms with E-state index in [2.05, 4.69) is 34.6 Å². The number of phenols is 1. The summed E-state index contributed by atoms with van der Waals surface area (Å²) < 4.78 is 0. The molecular formula is C23H19ClN2O. The van der Waals surface area contributed by atoms with Crippen molar-refractivity contribution in [2.75, 3.05) is 6.54 Å². The molecule has 4 heteroatoms. The van der Waals surface area contributed by atoms with Gasteiger partial charge in [-0.3, -0.25) is 0 Å². The summed E-state index contributed by atoms with van der Waals surface area (Å²) in [6.07, 6.45) is 0. The quantitative estimate of drug-likeness (QED) is 0.443. The monoisotopic (exact) mass is 374 g/mol. The summed E-state index contributed by atoms with van der Waals surface area (Å²) in [7, 11) is 0. The first kappa shape index (κ1) is 16.4. The van der Waals surface area contributed by atoms with Gasteiger partial charge in [-0.1, -0.05) is 66.2 Å². The summed E-state index contributed by atoms with van der Waals surface area (Å²) in [5, 5.41) is 16.0. The fourth-order valence-corrected chi connectivity index (χ4v) is 4.52. The highest BCUT2D eigenvalue weighted by atomic mass is 35.5. The highest BCUT2D eigenvalue weighted by Crippen LogP contribution is 2.44. The molecule has 0 saturated carbocycles. The van der Waals surface area contributed by atoms with Gasteiger partial charge in [-0.2, -0.15) is 0 Å². The molecular weight excluding hydrogens is 356 g/mol.